The van der Waals surface area contributed by atoms with Crippen molar-refractivity contribution in [2.45, 2.75) is 39.7 Å². The molecule has 134 valence electrons. The van der Waals surface area contributed by atoms with Gasteiger partial charge in [-0.25, -0.2) is 0 Å². The first kappa shape index (κ1) is 18.1. The van der Waals surface area contributed by atoms with Crippen molar-refractivity contribution in [3.63, 3.8) is 0 Å². The Kier molecular flexibility index (Phi) is 6.22. The van der Waals surface area contributed by atoms with E-state index in [4.69, 9.17) is 4.74 Å². The summed E-state index contributed by atoms with van der Waals surface area (Å²) in [7, 11) is 0. The topological polar surface area (TPSA) is 25.4 Å². The van der Waals surface area contributed by atoms with Crippen molar-refractivity contribution in [3.8, 4) is 0 Å². The van der Waals surface area contributed by atoms with Gasteiger partial charge in [0.1, 0.15) is 0 Å². The van der Waals surface area contributed by atoms with Crippen LogP contribution in [0, 0.1) is 12.3 Å². The lowest BCUT2D eigenvalue weighted by atomic mass is 9.81. The second-order valence-electron chi connectivity index (χ2n) is 7.39. The highest BCUT2D eigenvalue weighted by molar-refractivity contribution is 5.25. The van der Waals surface area contributed by atoms with Gasteiger partial charge in [-0.1, -0.05) is 30.3 Å². The average molecular weight is 338 g/mol. The third-order valence-corrected chi connectivity index (χ3v) is 5.44. The lowest BCUT2D eigenvalue weighted by Crippen LogP contribution is -2.32. The molecule has 3 heteroatoms. The number of ether oxygens (including phenoxy) is 1. The fourth-order valence-corrected chi connectivity index (χ4v) is 3.92. The van der Waals surface area contributed by atoms with Gasteiger partial charge in [0.05, 0.1) is 6.61 Å². The normalized spacial score (nSPS) is 20.9. The smallest absolute Gasteiger partial charge is 0.0535 e. The molecule has 1 unspecified atom stereocenters. The van der Waals surface area contributed by atoms with Crippen molar-refractivity contribution in [2.75, 3.05) is 26.3 Å². The molecule has 1 aromatic heterocycles. The third-order valence-electron chi connectivity index (χ3n) is 5.44. The Balaban J connectivity index is 1.64. The van der Waals surface area contributed by atoms with Crippen LogP contribution in [-0.2, 0) is 17.7 Å². The zero-order valence-corrected chi connectivity index (χ0v) is 15.6. The van der Waals surface area contributed by atoms with E-state index in [0.717, 1.165) is 39.3 Å². The number of nitrogens with zero attached hydrogens (tertiary/aromatic N) is 2. The lowest BCUT2D eigenvalue weighted by Gasteiger charge is -2.29. The van der Waals surface area contributed by atoms with Crippen LogP contribution in [0.5, 0.6) is 0 Å². The molecule has 1 saturated heterocycles. The molecule has 0 radical (unpaired) electrons. The number of likely N-dealkylation sites (tertiary alicyclic amines) is 1. The zero-order valence-electron chi connectivity index (χ0n) is 15.6. The maximum atomic E-state index is 5.90. The van der Waals surface area contributed by atoms with E-state index in [2.05, 4.69) is 54.1 Å². The third kappa shape index (κ3) is 4.90. The van der Waals surface area contributed by atoms with E-state index >= 15 is 0 Å². The van der Waals surface area contributed by atoms with Gasteiger partial charge < -0.3 is 4.74 Å². The summed E-state index contributed by atoms with van der Waals surface area (Å²) in [6.45, 7) is 9.24. The Morgan fingerprint density at radius 1 is 1.20 bits per heavy atom. The van der Waals surface area contributed by atoms with Gasteiger partial charge in [-0.3, -0.25) is 9.88 Å². The number of aryl methyl sites for hydroxylation is 2. The van der Waals surface area contributed by atoms with E-state index in [1.165, 1.54) is 29.5 Å². The van der Waals surface area contributed by atoms with Crippen molar-refractivity contribution >= 4 is 0 Å². The van der Waals surface area contributed by atoms with Gasteiger partial charge in [-0.15, -0.1) is 0 Å². The monoisotopic (exact) mass is 338 g/mol. The van der Waals surface area contributed by atoms with E-state index in [1.54, 1.807) is 0 Å². The Bertz CT molecular complexity index is 658. The number of aromatic nitrogens is 1. The Labute approximate surface area is 152 Å². The average Bonchev–Trinajstić information content (AvgIpc) is 3.03. The predicted molar refractivity (Wildman–Crippen MR) is 103 cm³/mol. The van der Waals surface area contributed by atoms with Crippen LogP contribution < -0.4 is 0 Å². The van der Waals surface area contributed by atoms with Crippen molar-refractivity contribution in [2.24, 2.45) is 5.41 Å². The molecular formula is C22H30N2O. The second-order valence-corrected chi connectivity index (χ2v) is 7.39. The van der Waals surface area contributed by atoms with Crippen molar-refractivity contribution in [1.82, 2.24) is 9.88 Å². The quantitative estimate of drug-likeness (QED) is 0.719. The van der Waals surface area contributed by atoms with E-state index in [1.807, 2.05) is 18.5 Å². The van der Waals surface area contributed by atoms with Crippen LogP contribution in [0.15, 0.2) is 48.8 Å². The summed E-state index contributed by atoms with van der Waals surface area (Å²) >= 11 is 0. The highest BCUT2D eigenvalue weighted by Crippen LogP contribution is 2.36. The first-order valence-corrected chi connectivity index (χ1v) is 9.44. The van der Waals surface area contributed by atoms with Gasteiger partial charge in [-0.05, 0) is 62.4 Å². The summed E-state index contributed by atoms with van der Waals surface area (Å²) < 4.78 is 5.90. The summed E-state index contributed by atoms with van der Waals surface area (Å²) in [6.07, 6.45) is 7.38. The van der Waals surface area contributed by atoms with Gasteiger partial charge in [0.2, 0.25) is 0 Å². The zero-order chi connectivity index (χ0) is 17.5. The van der Waals surface area contributed by atoms with Crippen LogP contribution in [0.2, 0.25) is 0 Å². The SMILES string of the molecule is CCOCC1(CCc2ccccc2C)CCN(Cc2cccnc2)C1. The molecule has 1 aliphatic heterocycles. The van der Waals surface area contributed by atoms with Crippen LogP contribution in [0.25, 0.3) is 0 Å². The standard InChI is InChI=1S/C22H30N2O/c1-3-25-18-22(11-10-21-9-5-4-7-19(21)2)12-14-24(17-22)16-20-8-6-13-23-15-20/h4-9,13,15H,3,10-12,14,16-18H2,1-2H3. The summed E-state index contributed by atoms with van der Waals surface area (Å²) in [5.41, 5.74) is 4.46. The fourth-order valence-electron chi connectivity index (χ4n) is 3.92. The number of pyridine rings is 1. The van der Waals surface area contributed by atoms with Gasteiger partial charge in [0.15, 0.2) is 0 Å². The largest absolute Gasteiger partial charge is 0.381 e. The van der Waals surface area contributed by atoms with Crippen LogP contribution in [-0.4, -0.2) is 36.2 Å². The molecule has 0 amide bonds. The number of hydrogen-bond donors (Lipinski definition) is 0. The minimum absolute atomic E-state index is 0.278. The van der Waals surface area contributed by atoms with Gasteiger partial charge in [0, 0.05) is 37.5 Å². The van der Waals surface area contributed by atoms with Gasteiger partial charge in [-0.2, -0.15) is 0 Å². The summed E-state index contributed by atoms with van der Waals surface area (Å²) in [4.78, 5) is 6.81. The minimum atomic E-state index is 0.278. The van der Waals surface area contributed by atoms with E-state index in [-0.39, 0.29) is 5.41 Å². The van der Waals surface area contributed by atoms with Crippen molar-refractivity contribution in [1.29, 1.82) is 0 Å². The molecule has 25 heavy (non-hydrogen) atoms. The Morgan fingerprint density at radius 3 is 2.84 bits per heavy atom. The molecule has 1 aliphatic rings. The first-order chi connectivity index (χ1) is 12.2. The number of hydrogen-bond acceptors (Lipinski definition) is 3. The van der Waals surface area contributed by atoms with Gasteiger partial charge in [0.25, 0.3) is 0 Å². The van der Waals surface area contributed by atoms with Crippen LogP contribution in [0.1, 0.15) is 36.5 Å². The highest BCUT2D eigenvalue weighted by Gasteiger charge is 2.37. The van der Waals surface area contributed by atoms with Crippen molar-refractivity contribution in [3.05, 3.63) is 65.5 Å². The van der Waals surface area contributed by atoms with Crippen LogP contribution >= 0.6 is 0 Å². The summed E-state index contributed by atoms with van der Waals surface area (Å²) in [5.74, 6) is 0. The van der Waals surface area contributed by atoms with Crippen LogP contribution in [0.4, 0.5) is 0 Å². The van der Waals surface area contributed by atoms with E-state index in [0.29, 0.717) is 0 Å². The molecule has 1 atom stereocenters. The molecular weight excluding hydrogens is 308 g/mol. The van der Waals surface area contributed by atoms with Crippen molar-refractivity contribution < 1.29 is 4.74 Å². The summed E-state index contributed by atoms with van der Waals surface area (Å²) in [5, 5.41) is 0. The molecule has 0 N–H and O–H groups in total. The molecule has 1 aromatic carbocycles. The highest BCUT2D eigenvalue weighted by atomic mass is 16.5. The van der Waals surface area contributed by atoms with E-state index in [9.17, 15) is 0 Å². The van der Waals surface area contributed by atoms with E-state index < -0.39 is 0 Å². The predicted octanol–water partition coefficient (Wildman–Crippen LogP) is 4.25. The molecule has 2 aromatic rings. The molecule has 2 heterocycles. The lowest BCUT2D eigenvalue weighted by molar-refractivity contribution is 0.0489. The molecule has 3 rings (SSSR count). The molecule has 0 spiro atoms. The Hall–Kier alpha value is -1.71. The molecule has 3 nitrogen and oxygen atoms in total. The Morgan fingerprint density at radius 2 is 2.08 bits per heavy atom. The second kappa shape index (κ2) is 8.59. The summed E-state index contributed by atoms with van der Waals surface area (Å²) in [6, 6.07) is 13.0. The maximum Gasteiger partial charge on any atom is 0.0535 e. The minimum Gasteiger partial charge on any atom is -0.381 e. The van der Waals surface area contributed by atoms with Gasteiger partial charge >= 0.3 is 0 Å². The van der Waals surface area contributed by atoms with Crippen LogP contribution in [0.3, 0.4) is 0 Å². The fraction of sp³-hybridized carbons (Fsp3) is 0.500. The molecule has 0 bridgehead atoms. The molecule has 0 saturated carbocycles. The molecule has 1 fully saturated rings. The number of rotatable bonds is 8. The number of benzene rings is 1. The molecule has 0 aliphatic carbocycles. The maximum absolute atomic E-state index is 5.90. The first-order valence-electron chi connectivity index (χ1n) is 9.44.